The summed E-state index contributed by atoms with van der Waals surface area (Å²) in [5.74, 6) is -0.329. The first-order valence-electron chi connectivity index (χ1n) is 10.4. The first kappa shape index (κ1) is 20.9. The van der Waals surface area contributed by atoms with Crippen LogP contribution in [0.3, 0.4) is 0 Å². The van der Waals surface area contributed by atoms with Crippen LogP contribution in [0.5, 0.6) is 0 Å². The van der Waals surface area contributed by atoms with Gasteiger partial charge in [0.2, 0.25) is 0 Å². The van der Waals surface area contributed by atoms with Gasteiger partial charge in [0.05, 0.1) is 11.3 Å². The standard InChI is InChI=1S/C24H27N5O2/c1-15-17(13-25)19-21(31-22(27-19)23(30)28(4)5)20(18(15)16-9-7-6-8-10-16)29-12-11-24(2,14-29)26-3/h6-10,26H,11-12,14H2,1-5H3/t24-/m0/s1. The SMILES string of the molecule is CN[C@@]1(C)CCN(c2c(-c3ccccc3)c(C)c(C#N)c3nc(C(=O)N(C)C)oc23)C1. The van der Waals surface area contributed by atoms with Gasteiger partial charge in [-0.1, -0.05) is 30.3 Å². The topological polar surface area (TPSA) is 85.4 Å². The van der Waals surface area contributed by atoms with E-state index < -0.39 is 0 Å². The number of amides is 1. The number of carbonyl (C=O) groups excluding carboxylic acids is 1. The van der Waals surface area contributed by atoms with Crippen molar-refractivity contribution in [3.8, 4) is 17.2 Å². The molecule has 1 aliphatic rings. The zero-order chi connectivity index (χ0) is 22.3. The fraction of sp³-hybridized carbons (Fsp3) is 0.375. The number of benzene rings is 2. The highest BCUT2D eigenvalue weighted by Crippen LogP contribution is 2.44. The number of hydrogen-bond acceptors (Lipinski definition) is 6. The second-order valence-electron chi connectivity index (χ2n) is 8.58. The molecule has 1 atom stereocenters. The molecule has 0 radical (unpaired) electrons. The number of rotatable bonds is 4. The summed E-state index contributed by atoms with van der Waals surface area (Å²) in [7, 11) is 5.29. The zero-order valence-corrected chi connectivity index (χ0v) is 18.6. The van der Waals surface area contributed by atoms with Crippen LogP contribution in [0.2, 0.25) is 0 Å². The monoisotopic (exact) mass is 417 g/mol. The van der Waals surface area contributed by atoms with Crippen molar-refractivity contribution in [3.05, 3.63) is 47.3 Å². The maximum atomic E-state index is 12.6. The third-order valence-corrected chi connectivity index (χ3v) is 6.22. The highest BCUT2D eigenvalue weighted by Gasteiger charge is 2.36. The van der Waals surface area contributed by atoms with Crippen LogP contribution in [0, 0.1) is 18.3 Å². The lowest BCUT2D eigenvalue weighted by molar-refractivity contribution is 0.0791. The van der Waals surface area contributed by atoms with Gasteiger partial charge in [0.15, 0.2) is 5.58 Å². The Morgan fingerprint density at radius 3 is 2.61 bits per heavy atom. The molecule has 1 amide bonds. The minimum atomic E-state index is -0.327. The van der Waals surface area contributed by atoms with Crippen molar-refractivity contribution < 1.29 is 9.21 Å². The first-order chi connectivity index (χ1) is 14.8. The van der Waals surface area contributed by atoms with Gasteiger partial charge in [0.1, 0.15) is 11.6 Å². The summed E-state index contributed by atoms with van der Waals surface area (Å²) in [5, 5.41) is 13.4. The Kier molecular flexibility index (Phi) is 5.19. The molecule has 0 spiro atoms. The van der Waals surface area contributed by atoms with Crippen molar-refractivity contribution in [1.29, 1.82) is 5.26 Å². The maximum Gasteiger partial charge on any atom is 0.309 e. The number of fused-ring (bicyclic) bond motifs is 1. The number of nitrogens with zero attached hydrogens (tertiary/aromatic N) is 4. The van der Waals surface area contributed by atoms with Gasteiger partial charge in [0.25, 0.3) is 5.89 Å². The van der Waals surface area contributed by atoms with E-state index in [0.717, 1.165) is 41.9 Å². The summed E-state index contributed by atoms with van der Waals surface area (Å²) in [6.07, 6.45) is 0.968. The van der Waals surface area contributed by atoms with Crippen LogP contribution in [0.15, 0.2) is 34.7 Å². The lowest BCUT2D eigenvalue weighted by Crippen LogP contribution is -2.42. The zero-order valence-electron chi connectivity index (χ0n) is 18.6. The fourth-order valence-corrected chi connectivity index (χ4v) is 4.28. The quantitative estimate of drug-likeness (QED) is 0.699. The van der Waals surface area contributed by atoms with Crippen molar-refractivity contribution in [1.82, 2.24) is 15.2 Å². The number of likely N-dealkylation sites (N-methyl/N-ethyl adjacent to an activating group) is 1. The second-order valence-corrected chi connectivity index (χ2v) is 8.58. The molecule has 1 fully saturated rings. The number of nitrogens with one attached hydrogen (secondary N) is 1. The van der Waals surface area contributed by atoms with E-state index in [1.807, 2.05) is 44.3 Å². The molecule has 2 heterocycles. The molecule has 0 aliphatic carbocycles. The van der Waals surface area contributed by atoms with Crippen molar-refractivity contribution >= 4 is 22.7 Å². The van der Waals surface area contributed by atoms with Crippen LogP contribution in [0.25, 0.3) is 22.2 Å². The normalized spacial score (nSPS) is 18.4. The van der Waals surface area contributed by atoms with E-state index in [2.05, 4.69) is 28.2 Å². The number of hydrogen-bond donors (Lipinski definition) is 1. The summed E-state index contributed by atoms with van der Waals surface area (Å²) >= 11 is 0. The van der Waals surface area contributed by atoms with Crippen molar-refractivity contribution in [3.63, 3.8) is 0 Å². The molecule has 1 N–H and O–H groups in total. The molecule has 1 saturated heterocycles. The van der Waals surface area contributed by atoms with Crippen LogP contribution >= 0.6 is 0 Å². The molecule has 0 saturated carbocycles. The largest absolute Gasteiger partial charge is 0.430 e. The summed E-state index contributed by atoms with van der Waals surface area (Å²) in [6.45, 7) is 5.75. The lowest BCUT2D eigenvalue weighted by Gasteiger charge is -2.27. The molecule has 0 bridgehead atoms. The molecule has 7 nitrogen and oxygen atoms in total. The summed E-state index contributed by atoms with van der Waals surface area (Å²) in [6, 6.07) is 12.3. The molecule has 4 rings (SSSR count). The van der Waals surface area contributed by atoms with Crippen LogP contribution in [0.1, 0.15) is 35.2 Å². The highest BCUT2D eigenvalue weighted by molar-refractivity contribution is 6.04. The second kappa shape index (κ2) is 7.71. The van der Waals surface area contributed by atoms with Gasteiger partial charge in [-0.25, -0.2) is 4.98 Å². The predicted molar refractivity (Wildman–Crippen MR) is 121 cm³/mol. The number of nitriles is 1. The molecule has 1 aliphatic heterocycles. The Balaban J connectivity index is 2.06. The van der Waals surface area contributed by atoms with Crippen LogP contribution in [-0.2, 0) is 0 Å². The van der Waals surface area contributed by atoms with Gasteiger partial charge in [-0.15, -0.1) is 0 Å². The van der Waals surface area contributed by atoms with Crippen molar-refractivity contribution in [2.75, 3.05) is 39.1 Å². The van der Waals surface area contributed by atoms with Gasteiger partial charge in [0, 0.05) is 38.3 Å². The summed E-state index contributed by atoms with van der Waals surface area (Å²) < 4.78 is 6.08. The summed E-state index contributed by atoms with van der Waals surface area (Å²) in [5.41, 5.74) is 5.02. The molecule has 0 unspecified atom stereocenters. The molecule has 31 heavy (non-hydrogen) atoms. The van der Waals surface area contributed by atoms with Crippen molar-refractivity contribution in [2.24, 2.45) is 0 Å². The number of carbonyl (C=O) groups is 1. The number of oxazole rings is 1. The Labute approximate surface area is 182 Å². The van der Waals surface area contributed by atoms with E-state index in [9.17, 15) is 10.1 Å². The minimum absolute atomic E-state index is 0.00191. The third kappa shape index (κ3) is 3.43. The number of aromatic nitrogens is 1. The van der Waals surface area contributed by atoms with Crippen LogP contribution in [0.4, 0.5) is 5.69 Å². The Morgan fingerprint density at radius 2 is 2.03 bits per heavy atom. The average molecular weight is 418 g/mol. The van der Waals surface area contributed by atoms with E-state index in [1.165, 1.54) is 4.90 Å². The molecular weight excluding hydrogens is 390 g/mol. The fourth-order valence-electron chi connectivity index (χ4n) is 4.28. The lowest BCUT2D eigenvalue weighted by atomic mass is 9.93. The van der Waals surface area contributed by atoms with E-state index in [4.69, 9.17) is 4.42 Å². The highest BCUT2D eigenvalue weighted by atomic mass is 16.4. The van der Waals surface area contributed by atoms with Gasteiger partial charge in [-0.2, -0.15) is 5.26 Å². The molecule has 1 aromatic heterocycles. The third-order valence-electron chi connectivity index (χ3n) is 6.22. The molecule has 2 aromatic carbocycles. The molecular formula is C24H27N5O2. The van der Waals surface area contributed by atoms with E-state index >= 15 is 0 Å². The van der Waals surface area contributed by atoms with Gasteiger partial charge in [-0.3, -0.25) is 4.79 Å². The van der Waals surface area contributed by atoms with E-state index in [-0.39, 0.29) is 17.3 Å². The Bertz CT molecular complexity index is 1190. The predicted octanol–water partition coefficient (Wildman–Crippen LogP) is 3.56. The smallest absolute Gasteiger partial charge is 0.309 e. The van der Waals surface area contributed by atoms with Crippen LogP contribution < -0.4 is 10.2 Å². The van der Waals surface area contributed by atoms with Gasteiger partial charge >= 0.3 is 5.91 Å². The number of anilines is 1. The molecule has 3 aromatic rings. The molecule has 7 heteroatoms. The molecule has 160 valence electrons. The van der Waals surface area contributed by atoms with E-state index in [1.54, 1.807) is 14.1 Å². The summed E-state index contributed by atoms with van der Waals surface area (Å²) in [4.78, 5) is 20.8. The Morgan fingerprint density at radius 1 is 1.32 bits per heavy atom. The van der Waals surface area contributed by atoms with Crippen LogP contribution in [-0.4, -0.2) is 55.6 Å². The maximum absolute atomic E-state index is 12.6. The van der Waals surface area contributed by atoms with Crippen molar-refractivity contribution in [2.45, 2.75) is 25.8 Å². The minimum Gasteiger partial charge on any atom is -0.430 e. The average Bonchev–Trinajstić information content (AvgIpc) is 3.37. The van der Waals surface area contributed by atoms with Gasteiger partial charge < -0.3 is 19.5 Å². The first-order valence-corrected chi connectivity index (χ1v) is 10.4. The van der Waals surface area contributed by atoms with Gasteiger partial charge in [-0.05, 0) is 38.4 Å². The van der Waals surface area contributed by atoms with E-state index in [0.29, 0.717) is 16.7 Å². The Hall–Kier alpha value is -3.37.